The Morgan fingerprint density at radius 3 is 1.39 bits per heavy atom. The Morgan fingerprint density at radius 2 is 0.829 bits per heavy atom. The molecule has 0 bridgehead atoms. The molecular weight excluding hydrogens is 966 g/mol. The lowest BCUT2D eigenvalue weighted by molar-refractivity contribution is -0.418. The van der Waals surface area contributed by atoms with Gasteiger partial charge in [-0.1, -0.05) is 0 Å². The summed E-state index contributed by atoms with van der Waals surface area (Å²) in [4.78, 5) is 24.2. The first-order chi connectivity index (χ1) is 33.0. The Balaban J connectivity index is 1.46. The number of carboxylic acids is 1. The van der Waals surface area contributed by atoms with Crippen LogP contribution in [0.15, 0.2) is 0 Å². The van der Waals surface area contributed by atoms with Crippen LogP contribution in [0, 0.1) is 0 Å². The van der Waals surface area contributed by atoms with E-state index >= 15 is 0 Å². The topological polar surface area (TPSA) is 512 Å². The van der Waals surface area contributed by atoms with Crippen molar-refractivity contribution in [3.05, 3.63) is 0 Å². The van der Waals surface area contributed by atoms with Crippen molar-refractivity contribution in [3.8, 4) is 0 Å². The fourth-order valence-corrected chi connectivity index (χ4v) is 8.80. The molecule has 6 rings (SSSR count). The summed E-state index contributed by atoms with van der Waals surface area (Å²) in [5, 5.41) is 195. The minimum absolute atomic E-state index is 0.827. The lowest BCUT2D eigenvalue weighted by Crippen LogP contribution is -2.71. The molecule has 0 aromatic rings. The number of hydrogen-bond donors (Lipinski definition) is 19. The van der Waals surface area contributed by atoms with Crippen molar-refractivity contribution < 1.29 is 154 Å². The largest absolute Gasteiger partial charge is 0.479 e. The van der Waals surface area contributed by atoms with E-state index < -0.39 is 222 Å². The van der Waals surface area contributed by atoms with Gasteiger partial charge in [-0.05, 0) is 6.92 Å². The van der Waals surface area contributed by atoms with E-state index in [4.69, 9.17) is 52.1 Å². The number of carboxylic acid groups (broad SMARTS) is 1. The normalized spacial score (nSPS) is 51.4. The van der Waals surface area contributed by atoms with Crippen LogP contribution in [0.3, 0.4) is 0 Å². The van der Waals surface area contributed by atoms with E-state index in [1.54, 1.807) is 0 Å². The first-order valence-electron chi connectivity index (χ1n) is 22.0. The highest BCUT2D eigenvalue weighted by Crippen LogP contribution is 2.39. The van der Waals surface area contributed by atoms with Gasteiger partial charge in [0.05, 0.1) is 32.5 Å². The maximum atomic E-state index is 12.4. The van der Waals surface area contributed by atoms with Crippen LogP contribution in [-0.4, -0.2) is 314 Å². The van der Waals surface area contributed by atoms with Gasteiger partial charge in [0, 0.05) is 6.92 Å². The van der Waals surface area contributed by atoms with E-state index in [-0.39, 0.29) is 0 Å². The molecule has 1 amide bonds. The van der Waals surface area contributed by atoms with E-state index in [9.17, 15) is 102 Å². The van der Waals surface area contributed by atoms with E-state index in [0.29, 0.717) is 0 Å². The molecule has 32 heteroatoms. The van der Waals surface area contributed by atoms with Crippen LogP contribution in [0.4, 0.5) is 0 Å². The minimum atomic E-state index is -2.42. The Kier molecular flexibility index (Phi) is 19.6. The van der Waals surface area contributed by atoms with Gasteiger partial charge < -0.3 is 149 Å². The highest BCUT2D eigenvalue weighted by atomic mass is 16.8. The van der Waals surface area contributed by atoms with Gasteiger partial charge in [-0.2, -0.15) is 0 Å². The number of aliphatic hydroxyl groups excluding tert-OH is 17. The van der Waals surface area contributed by atoms with Crippen molar-refractivity contribution in [2.24, 2.45) is 0 Å². The summed E-state index contributed by atoms with van der Waals surface area (Å²) in [6, 6.07) is -1.73. The van der Waals surface area contributed by atoms with Crippen LogP contribution in [0.25, 0.3) is 0 Å². The second-order valence-electron chi connectivity index (χ2n) is 17.5. The summed E-state index contributed by atoms with van der Waals surface area (Å²) in [6.07, 6.45) is -59.9. The Labute approximate surface area is 395 Å². The summed E-state index contributed by atoms with van der Waals surface area (Å²) >= 11 is 0. The van der Waals surface area contributed by atoms with Gasteiger partial charge >= 0.3 is 5.97 Å². The van der Waals surface area contributed by atoms with E-state index in [1.807, 2.05) is 0 Å². The quantitative estimate of drug-likeness (QED) is 0.0682. The van der Waals surface area contributed by atoms with Crippen molar-refractivity contribution in [3.63, 3.8) is 0 Å². The highest BCUT2D eigenvalue weighted by Gasteiger charge is 2.60. The molecule has 1 unspecified atom stereocenters. The van der Waals surface area contributed by atoms with Gasteiger partial charge in [0.15, 0.2) is 43.8 Å². The van der Waals surface area contributed by atoms with Crippen LogP contribution in [0.1, 0.15) is 13.8 Å². The number of hydrogen-bond acceptors (Lipinski definition) is 30. The van der Waals surface area contributed by atoms with Crippen molar-refractivity contribution in [1.29, 1.82) is 0 Å². The van der Waals surface area contributed by atoms with Crippen molar-refractivity contribution in [1.82, 2.24) is 5.32 Å². The number of carbonyl (C=O) groups excluding carboxylic acids is 1. The number of aliphatic hydroxyl groups is 17. The monoisotopic (exact) mass is 1030 g/mol. The molecule has 19 N–H and O–H groups in total. The molecule has 30 atom stereocenters. The molecule has 70 heavy (non-hydrogen) atoms. The Hall–Kier alpha value is -2.18. The van der Waals surface area contributed by atoms with Crippen LogP contribution < -0.4 is 5.32 Å². The van der Waals surface area contributed by atoms with Crippen molar-refractivity contribution in [2.75, 3.05) is 26.4 Å². The molecule has 6 saturated heterocycles. The summed E-state index contributed by atoms with van der Waals surface area (Å²) in [5.41, 5.74) is 0. The molecule has 0 aromatic heterocycles. The fraction of sp³-hybridized carbons (Fsp3) is 0.947. The molecule has 0 spiro atoms. The average molecular weight is 1030 g/mol. The second kappa shape index (κ2) is 24.0. The molecule has 0 radical (unpaired) electrons. The van der Waals surface area contributed by atoms with Crippen molar-refractivity contribution in [2.45, 2.75) is 198 Å². The van der Waals surface area contributed by atoms with Gasteiger partial charge in [-0.15, -0.1) is 0 Å². The average Bonchev–Trinajstić information content (AvgIpc) is 3.32. The molecule has 0 saturated carbocycles. The van der Waals surface area contributed by atoms with Gasteiger partial charge in [-0.25, -0.2) is 4.79 Å². The molecule has 0 aromatic carbocycles. The zero-order valence-electron chi connectivity index (χ0n) is 37.0. The molecule has 32 nitrogen and oxygen atoms in total. The predicted molar refractivity (Wildman–Crippen MR) is 210 cm³/mol. The third kappa shape index (κ3) is 11.7. The first-order valence-corrected chi connectivity index (χ1v) is 22.0. The molecule has 6 heterocycles. The van der Waals surface area contributed by atoms with Gasteiger partial charge in [0.1, 0.15) is 134 Å². The molecule has 6 aliphatic rings. The van der Waals surface area contributed by atoms with Crippen molar-refractivity contribution >= 4 is 11.9 Å². The smallest absolute Gasteiger partial charge is 0.335 e. The third-order valence-corrected chi connectivity index (χ3v) is 12.8. The fourth-order valence-electron chi connectivity index (χ4n) is 8.80. The SMILES string of the molecule is CC(=O)N[C@H]1C(O)O[C@H](CO)[C@H](O)[C@@H]1O[C@@H]1O[C@H](CO)[C@H](O[C@@H]2O[C@H](CO)[C@H](O)[C@H](O)[C@H]2O)[C@H](O[C@@H]2O[C@H](CO)[C@H](O)[C@H](O[C@@H]3O[C@H](C(=O)O)[C@@H](O)[C@H](O)[C@H]3O)[C@H]2O)[C@H]1O[C@@H]1O[C@@H](C)[C@@H](O)[C@@H](O)[C@@H]1O. The third-order valence-electron chi connectivity index (χ3n) is 12.8. The summed E-state index contributed by atoms with van der Waals surface area (Å²) < 4.78 is 63.7. The molecule has 406 valence electrons. The van der Waals surface area contributed by atoms with Crippen LogP contribution >= 0.6 is 0 Å². The number of nitrogens with one attached hydrogen (secondary N) is 1. The number of rotatable bonds is 16. The number of aliphatic carboxylic acids is 1. The number of carbonyl (C=O) groups is 2. The zero-order chi connectivity index (χ0) is 51.8. The first kappa shape index (κ1) is 57.1. The summed E-state index contributed by atoms with van der Waals surface area (Å²) in [6.45, 7) is -2.01. The standard InChI is InChI=1S/C38H63NO31/c1-7-14(45)18(49)22(53)34(60-7)70-31-30(69-37-25(56)28(17(48)11(5-42)63-37)67-36-24(55)20(51)21(52)29(68-36)32(57)58)26(65-35-23(54)19(50)15(46)9(3-40)62-35)12(6-43)64-38(31)66-27-13(39-8(2)44)33(59)61-10(4-41)16(27)47/h7,9-31,33-38,40-43,45-56,59H,3-6H2,1-2H3,(H,39,44)(H,57,58)/t7-,9+,10+,11+,12+,13+,14+,15-,16-,17-,18+,19-,20-,21-,22-,23+,24+,25+,26-,27+,28-,29-,30-,31+,33?,34-,35-,36+,37-,38-/m0/s1. The Bertz CT molecular complexity index is 1690. The van der Waals surface area contributed by atoms with Crippen LogP contribution in [0.5, 0.6) is 0 Å². The molecular formula is C38H63NO31. The molecule has 6 fully saturated rings. The zero-order valence-corrected chi connectivity index (χ0v) is 37.0. The molecule has 0 aliphatic carbocycles. The number of amides is 1. The van der Waals surface area contributed by atoms with Crippen LogP contribution in [0.2, 0.25) is 0 Å². The lowest BCUT2D eigenvalue weighted by atomic mass is 9.94. The summed E-state index contributed by atoms with van der Waals surface area (Å²) in [7, 11) is 0. The van der Waals surface area contributed by atoms with Gasteiger partial charge in [0.25, 0.3) is 0 Å². The minimum Gasteiger partial charge on any atom is -0.479 e. The van der Waals surface area contributed by atoms with Crippen LogP contribution in [-0.2, 0) is 61.7 Å². The predicted octanol–water partition coefficient (Wildman–Crippen LogP) is -12.8. The second-order valence-corrected chi connectivity index (χ2v) is 17.5. The Morgan fingerprint density at radius 1 is 0.414 bits per heavy atom. The van der Waals surface area contributed by atoms with E-state index in [0.717, 1.165) is 6.92 Å². The van der Waals surface area contributed by atoms with E-state index in [1.165, 1.54) is 6.92 Å². The highest BCUT2D eigenvalue weighted by molar-refractivity contribution is 5.73. The number of ether oxygens (including phenoxy) is 11. The van der Waals surface area contributed by atoms with Gasteiger partial charge in [-0.3, -0.25) is 4.79 Å². The maximum Gasteiger partial charge on any atom is 0.335 e. The van der Waals surface area contributed by atoms with E-state index in [2.05, 4.69) is 5.32 Å². The lowest BCUT2D eigenvalue weighted by Gasteiger charge is -2.52. The summed E-state index contributed by atoms with van der Waals surface area (Å²) in [5.74, 6) is -2.67. The molecule has 6 aliphatic heterocycles. The van der Waals surface area contributed by atoms with Gasteiger partial charge in [0.2, 0.25) is 5.91 Å². The maximum absolute atomic E-state index is 12.4.